The molecule has 0 fully saturated rings. The van der Waals surface area contributed by atoms with Gasteiger partial charge in [0, 0.05) is 39.6 Å². The Kier molecular flexibility index (Phi) is 7.57. The molecule has 0 aliphatic carbocycles. The Morgan fingerprint density at radius 1 is 0.936 bits per heavy atom. The molecule has 3 heterocycles. The third-order valence-electron chi connectivity index (χ3n) is 8.58. The summed E-state index contributed by atoms with van der Waals surface area (Å²) in [6.07, 6.45) is 0.333. The number of non-ortho nitro benzene ring substituents is 1. The minimum atomic E-state index is -0.532. The van der Waals surface area contributed by atoms with Gasteiger partial charge in [0.2, 0.25) is 5.91 Å². The average Bonchev–Trinajstić information content (AvgIpc) is 3.53. The number of halogens is 1. The molecule has 234 valence electrons. The van der Waals surface area contributed by atoms with Crippen LogP contribution in [0.15, 0.2) is 97.1 Å². The number of carbonyl (C=O) groups excluding carboxylic acids is 4. The van der Waals surface area contributed by atoms with Crippen LogP contribution >= 0.6 is 22.9 Å². The van der Waals surface area contributed by atoms with Gasteiger partial charge in [-0.25, -0.2) is 0 Å². The molecule has 7 rings (SSSR count). The summed E-state index contributed by atoms with van der Waals surface area (Å²) < 4.78 is 0.517. The standard InChI is InChI=1S/C35H25ClN4O6S/c1-20-17-28(25-13-7-8-14-27(25)38(20)30(41)19-37-33(42)23-11-5-6-12-24(23)34(37)43)39(21-9-3-2-4-10-21)35(44)32-31(36)26-16-15-22(40(45)46)18-29(26)47-32/h2-16,18,20,28H,17,19H2,1H3/t20-,28+/m1/s1. The fraction of sp³-hybridized carbons (Fsp3) is 0.143. The lowest BCUT2D eigenvalue weighted by atomic mass is 9.89. The zero-order chi connectivity index (χ0) is 33.0. The maximum absolute atomic E-state index is 14.6. The third-order valence-corrected chi connectivity index (χ3v) is 10.2. The van der Waals surface area contributed by atoms with E-state index in [9.17, 15) is 29.3 Å². The zero-order valence-electron chi connectivity index (χ0n) is 24.8. The molecule has 2 aliphatic rings. The zero-order valence-corrected chi connectivity index (χ0v) is 26.4. The topological polar surface area (TPSA) is 121 Å². The minimum Gasteiger partial charge on any atom is -0.308 e. The van der Waals surface area contributed by atoms with Gasteiger partial charge >= 0.3 is 0 Å². The van der Waals surface area contributed by atoms with Crippen LogP contribution in [0.5, 0.6) is 0 Å². The first kappa shape index (κ1) is 30.3. The van der Waals surface area contributed by atoms with Crippen LogP contribution in [0.2, 0.25) is 5.02 Å². The molecule has 0 saturated heterocycles. The summed E-state index contributed by atoms with van der Waals surface area (Å²) in [5, 5.41) is 12.2. The van der Waals surface area contributed by atoms with Crippen molar-refractivity contribution in [2.45, 2.75) is 25.4 Å². The second-order valence-corrected chi connectivity index (χ2v) is 12.8. The van der Waals surface area contributed by atoms with Crippen molar-refractivity contribution in [1.82, 2.24) is 4.90 Å². The number of hydrogen-bond acceptors (Lipinski definition) is 7. The van der Waals surface area contributed by atoms with Gasteiger partial charge in [0.05, 0.1) is 27.1 Å². The molecule has 0 bridgehead atoms. The lowest BCUT2D eigenvalue weighted by Gasteiger charge is -2.43. The van der Waals surface area contributed by atoms with Crippen LogP contribution in [0.25, 0.3) is 10.1 Å². The molecular weight excluding hydrogens is 640 g/mol. The molecular formula is C35H25ClN4O6S. The molecule has 10 nitrogen and oxygen atoms in total. The van der Waals surface area contributed by atoms with Crippen LogP contribution in [0.1, 0.15) is 55.3 Å². The fourth-order valence-electron chi connectivity index (χ4n) is 6.44. The Bertz CT molecular complexity index is 2100. The van der Waals surface area contributed by atoms with Gasteiger partial charge in [-0.2, -0.15) is 0 Å². The Morgan fingerprint density at radius 3 is 2.26 bits per heavy atom. The van der Waals surface area contributed by atoms with Crippen molar-refractivity contribution < 1.29 is 24.1 Å². The quantitative estimate of drug-likeness (QED) is 0.107. The van der Waals surface area contributed by atoms with Gasteiger partial charge in [-0.3, -0.25) is 39.1 Å². The molecule has 4 amide bonds. The van der Waals surface area contributed by atoms with Crippen LogP contribution in [0.4, 0.5) is 17.1 Å². The molecule has 1 aromatic heterocycles. The summed E-state index contributed by atoms with van der Waals surface area (Å²) in [6.45, 7) is 1.43. The van der Waals surface area contributed by atoms with Crippen molar-refractivity contribution in [3.63, 3.8) is 0 Å². The van der Waals surface area contributed by atoms with E-state index in [0.717, 1.165) is 16.2 Å². The second-order valence-electron chi connectivity index (χ2n) is 11.4. The lowest BCUT2D eigenvalue weighted by Crippen LogP contribution is -2.51. The number of rotatable bonds is 6. The maximum Gasteiger partial charge on any atom is 0.270 e. The van der Waals surface area contributed by atoms with E-state index in [4.69, 9.17) is 11.6 Å². The summed E-state index contributed by atoms with van der Waals surface area (Å²) in [6, 6.07) is 26.2. The SMILES string of the molecule is C[C@@H]1C[C@H](N(C(=O)c2sc3cc([N+](=O)[O-])ccc3c2Cl)c2ccccc2)c2ccccc2N1C(=O)CN1C(=O)c2ccccc2C1=O. The highest BCUT2D eigenvalue weighted by atomic mass is 35.5. The average molecular weight is 665 g/mol. The van der Waals surface area contributed by atoms with E-state index in [1.54, 1.807) is 52.3 Å². The van der Waals surface area contributed by atoms with Gasteiger partial charge in [-0.15, -0.1) is 11.3 Å². The lowest BCUT2D eigenvalue weighted by molar-refractivity contribution is -0.384. The third kappa shape index (κ3) is 5.04. The Balaban J connectivity index is 1.26. The maximum atomic E-state index is 14.6. The summed E-state index contributed by atoms with van der Waals surface area (Å²) in [4.78, 5) is 70.0. The first-order valence-corrected chi connectivity index (χ1v) is 16.0. The van der Waals surface area contributed by atoms with E-state index in [1.165, 1.54) is 12.1 Å². The van der Waals surface area contributed by atoms with Gasteiger partial charge in [-0.05, 0) is 55.3 Å². The molecule has 0 saturated carbocycles. The molecule has 0 spiro atoms. The predicted molar refractivity (Wildman–Crippen MR) is 179 cm³/mol. The van der Waals surface area contributed by atoms with Crippen LogP contribution < -0.4 is 9.80 Å². The van der Waals surface area contributed by atoms with E-state index in [2.05, 4.69) is 0 Å². The van der Waals surface area contributed by atoms with Crippen molar-refractivity contribution >= 4 is 73.7 Å². The summed E-state index contributed by atoms with van der Waals surface area (Å²) in [5.41, 5.74) is 2.30. The van der Waals surface area contributed by atoms with E-state index < -0.39 is 41.3 Å². The second kappa shape index (κ2) is 11.8. The van der Waals surface area contributed by atoms with Gasteiger partial charge in [0.15, 0.2) is 0 Å². The fourth-order valence-corrected chi connectivity index (χ4v) is 7.92. The van der Waals surface area contributed by atoms with Crippen molar-refractivity contribution in [2.75, 3.05) is 16.3 Å². The highest BCUT2D eigenvalue weighted by Crippen LogP contribution is 2.45. The Hall–Kier alpha value is -5.39. The van der Waals surface area contributed by atoms with Crippen LogP contribution in [0, 0.1) is 10.1 Å². The molecule has 2 atom stereocenters. The van der Waals surface area contributed by atoms with E-state index in [1.807, 2.05) is 49.4 Å². The molecule has 12 heteroatoms. The summed E-state index contributed by atoms with van der Waals surface area (Å²) >= 11 is 7.86. The van der Waals surface area contributed by atoms with Crippen molar-refractivity contribution in [3.05, 3.63) is 134 Å². The minimum absolute atomic E-state index is 0.102. The molecule has 4 aromatic carbocycles. The first-order chi connectivity index (χ1) is 22.7. The van der Waals surface area contributed by atoms with Gasteiger partial charge in [0.1, 0.15) is 11.4 Å². The van der Waals surface area contributed by atoms with Gasteiger partial charge in [-0.1, -0.05) is 60.1 Å². The molecule has 47 heavy (non-hydrogen) atoms. The number of para-hydroxylation sites is 2. The smallest absolute Gasteiger partial charge is 0.270 e. The summed E-state index contributed by atoms with van der Waals surface area (Å²) in [5.74, 6) is -1.84. The summed E-state index contributed by atoms with van der Waals surface area (Å²) in [7, 11) is 0. The van der Waals surface area contributed by atoms with Crippen molar-refractivity contribution in [1.29, 1.82) is 0 Å². The van der Waals surface area contributed by atoms with Crippen molar-refractivity contribution in [3.8, 4) is 0 Å². The molecule has 5 aromatic rings. The largest absolute Gasteiger partial charge is 0.308 e. The Morgan fingerprint density at radius 2 is 1.57 bits per heavy atom. The number of nitrogens with zero attached hydrogens (tertiary/aromatic N) is 4. The highest BCUT2D eigenvalue weighted by molar-refractivity contribution is 7.21. The van der Waals surface area contributed by atoms with Gasteiger partial charge < -0.3 is 4.90 Å². The first-order valence-electron chi connectivity index (χ1n) is 14.8. The van der Waals surface area contributed by atoms with Crippen LogP contribution in [-0.2, 0) is 4.79 Å². The number of anilines is 2. The number of fused-ring (bicyclic) bond motifs is 3. The van der Waals surface area contributed by atoms with E-state index >= 15 is 0 Å². The predicted octanol–water partition coefficient (Wildman–Crippen LogP) is 7.27. The molecule has 0 N–H and O–H groups in total. The van der Waals surface area contributed by atoms with Gasteiger partial charge in [0.25, 0.3) is 23.4 Å². The number of amides is 4. The van der Waals surface area contributed by atoms with E-state index in [0.29, 0.717) is 33.4 Å². The molecule has 0 unspecified atom stereocenters. The van der Waals surface area contributed by atoms with Crippen LogP contribution in [-0.4, -0.2) is 46.0 Å². The molecule has 0 radical (unpaired) electrons. The number of nitro groups is 1. The number of carbonyl (C=O) groups is 4. The highest BCUT2D eigenvalue weighted by Gasteiger charge is 2.42. The van der Waals surface area contributed by atoms with E-state index in [-0.39, 0.29) is 32.6 Å². The van der Waals surface area contributed by atoms with Crippen molar-refractivity contribution in [2.24, 2.45) is 0 Å². The number of nitro benzene ring substituents is 1. The number of thiophene rings is 1. The number of hydrogen-bond donors (Lipinski definition) is 0. The van der Waals surface area contributed by atoms with Crippen LogP contribution in [0.3, 0.4) is 0 Å². The monoisotopic (exact) mass is 664 g/mol. The number of benzene rings is 4. The Labute approximate surface area is 277 Å². The molecule has 2 aliphatic heterocycles. The number of imide groups is 1. The normalized spacial score (nSPS) is 17.1.